The molecule has 1 N–H and O–H groups in total. The lowest BCUT2D eigenvalue weighted by molar-refractivity contribution is 0.0906. The van der Waals surface area contributed by atoms with Crippen LogP contribution in [0.2, 0.25) is 0 Å². The number of pyridine rings is 1. The lowest BCUT2D eigenvalue weighted by atomic mass is 9.93. The Kier molecular flexibility index (Phi) is 3.06. The molecule has 4 rings (SSSR count). The van der Waals surface area contributed by atoms with Crippen LogP contribution in [0.4, 0.5) is 0 Å². The molecule has 0 radical (unpaired) electrons. The van der Waals surface area contributed by atoms with Crippen molar-refractivity contribution in [3.63, 3.8) is 0 Å². The van der Waals surface area contributed by atoms with Crippen molar-refractivity contribution in [3.8, 4) is 0 Å². The average Bonchev–Trinajstić information content (AvgIpc) is 3.27. The molecule has 1 aromatic heterocycles. The molecule has 0 bridgehead atoms. The third kappa shape index (κ3) is 2.23. The van der Waals surface area contributed by atoms with E-state index in [2.05, 4.69) is 5.32 Å². The molecule has 4 nitrogen and oxygen atoms in total. The summed E-state index contributed by atoms with van der Waals surface area (Å²) in [6, 6.07) is 8.19. The summed E-state index contributed by atoms with van der Waals surface area (Å²) in [5.41, 5.74) is 1.57. The summed E-state index contributed by atoms with van der Waals surface area (Å²) in [6.07, 6.45) is 5.25. The SMILES string of the molecule is Cc1ccc2cc(C(=O)NC3CCC3)n(C3CC3)c(=O)c2c1. The second kappa shape index (κ2) is 4.97. The summed E-state index contributed by atoms with van der Waals surface area (Å²) < 4.78 is 1.72. The molecule has 0 aliphatic heterocycles. The van der Waals surface area contributed by atoms with E-state index in [1.165, 1.54) is 6.42 Å². The van der Waals surface area contributed by atoms with Crippen molar-refractivity contribution in [2.75, 3.05) is 0 Å². The average molecular weight is 296 g/mol. The third-order valence-electron chi connectivity index (χ3n) is 4.79. The predicted molar refractivity (Wildman–Crippen MR) is 86.3 cm³/mol. The highest BCUT2D eigenvalue weighted by atomic mass is 16.2. The molecule has 0 spiro atoms. The highest BCUT2D eigenvalue weighted by Gasteiger charge is 2.30. The normalized spacial score (nSPS) is 18.2. The molecule has 2 aromatic rings. The zero-order chi connectivity index (χ0) is 15.3. The Bertz CT molecular complexity index is 814. The largest absolute Gasteiger partial charge is 0.348 e. The predicted octanol–water partition coefficient (Wildman–Crippen LogP) is 2.93. The molecular weight excluding hydrogens is 276 g/mol. The Morgan fingerprint density at radius 2 is 1.95 bits per heavy atom. The lowest BCUT2D eigenvalue weighted by Crippen LogP contribution is -2.41. The van der Waals surface area contributed by atoms with Gasteiger partial charge < -0.3 is 9.88 Å². The lowest BCUT2D eigenvalue weighted by Gasteiger charge is -2.27. The van der Waals surface area contributed by atoms with E-state index in [1.54, 1.807) is 4.57 Å². The van der Waals surface area contributed by atoms with E-state index in [0.29, 0.717) is 11.1 Å². The van der Waals surface area contributed by atoms with Crippen LogP contribution < -0.4 is 10.9 Å². The first-order valence-corrected chi connectivity index (χ1v) is 8.10. The third-order valence-corrected chi connectivity index (χ3v) is 4.79. The monoisotopic (exact) mass is 296 g/mol. The maximum Gasteiger partial charge on any atom is 0.268 e. The first-order valence-electron chi connectivity index (χ1n) is 8.10. The number of aromatic nitrogens is 1. The Morgan fingerprint density at radius 3 is 2.59 bits per heavy atom. The molecule has 1 amide bonds. The standard InChI is InChI=1S/C18H20N2O2/c1-11-5-6-12-10-16(17(21)19-13-3-2-4-13)20(14-7-8-14)18(22)15(12)9-11/h5-6,9-10,13-14H,2-4,7-8H2,1H3,(H,19,21). The van der Waals surface area contributed by atoms with Crippen LogP contribution in [0, 0.1) is 6.92 Å². The van der Waals surface area contributed by atoms with Crippen molar-refractivity contribution in [2.24, 2.45) is 0 Å². The van der Waals surface area contributed by atoms with Crippen LogP contribution in [-0.4, -0.2) is 16.5 Å². The first kappa shape index (κ1) is 13.6. The summed E-state index contributed by atoms with van der Waals surface area (Å²) >= 11 is 0. The molecule has 4 heteroatoms. The molecule has 1 aromatic carbocycles. The van der Waals surface area contributed by atoms with Crippen molar-refractivity contribution in [3.05, 3.63) is 45.9 Å². The molecule has 2 aliphatic rings. The van der Waals surface area contributed by atoms with E-state index in [0.717, 1.165) is 36.6 Å². The number of nitrogens with one attached hydrogen (secondary N) is 1. The van der Waals surface area contributed by atoms with Gasteiger partial charge in [0.15, 0.2) is 0 Å². The minimum atomic E-state index is -0.101. The Balaban J connectivity index is 1.85. The van der Waals surface area contributed by atoms with Crippen LogP contribution in [0.3, 0.4) is 0 Å². The van der Waals surface area contributed by atoms with Gasteiger partial charge in [-0.05, 0) is 56.5 Å². The van der Waals surface area contributed by atoms with E-state index in [9.17, 15) is 9.59 Å². The van der Waals surface area contributed by atoms with Crippen LogP contribution in [0.15, 0.2) is 29.1 Å². The number of nitrogens with zero attached hydrogens (tertiary/aromatic N) is 1. The Morgan fingerprint density at radius 1 is 1.18 bits per heavy atom. The van der Waals surface area contributed by atoms with Crippen molar-refractivity contribution in [1.82, 2.24) is 9.88 Å². The molecule has 2 fully saturated rings. The van der Waals surface area contributed by atoms with E-state index in [1.807, 2.05) is 31.2 Å². The van der Waals surface area contributed by atoms with Crippen LogP contribution in [0.5, 0.6) is 0 Å². The topological polar surface area (TPSA) is 51.1 Å². The first-order chi connectivity index (χ1) is 10.6. The van der Waals surface area contributed by atoms with Gasteiger partial charge in [0.1, 0.15) is 5.69 Å². The van der Waals surface area contributed by atoms with Crippen LogP contribution in [0.1, 0.15) is 54.2 Å². The van der Waals surface area contributed by atoms with Gasteiger partial charge >= 0.3 is 0 Å². The summed E-state index contributed by atoms with van der Waals surface area (Å²) in [7, 11) is 0. The number of rotatable bonds is 3. The number of aryl methyl sites for hydroxylation is 1. The number of benzene rings is 1. The molecule has 0 unspecified atom stereocenters. The zero-order valence-electron chi connectivity index (χ0n) is 12.8. The van der Waals surface area contributed by atoms with Crippen LogP contribution in [-0.2, 0) is 0 Å². The number of hydrogen-bond acceptors (Lipinski definition) is 2. The molecule has 0 atom stereocenters. The van der Waals surface area contributed by atoms with Crippen LogP contribution >= 0.6 is 0 Å². The fourth-order valence-corrected chi connectivity index (χ4v) is 3.12. The maximum atomic E-state index is 12.8. The van der Waals surface area contributed by atoms with Gasteiger partial charge in [0.25, 0.3) is 11.5 Å². The minimum Gasteiger partial charge on any atom is -0.348 e. The van der Waals surface area contributed by atoms with Gasteiger partial charge in [-0.2, -0.15) is 0 Å². The maximum absolute atomic E-state index is 12.8. The molecule has 2 aliphatic carbocycles. The van der Waals surface area contributed by atoms with E-state index in [4.69, 9.17) is 0 Å². The highest BCUT2D eigenvalue weighted by Crippen LogP contribution is 2.35. The quantitative estimate of drug-likeness (QED) is 0.946. The van der Waals surface area contributed by atoms with E-state index in [-0.39, 0.29) is 23.6 Å². The second-order valence-electron chi connectivity index (χ2n) is 6.63. The van der Waals surface area contributed by atoms with Gasteiger partial charge in [-0.1, -0.05) is 17.7 Å². The fraction of sp³-hybridized carbons (Fsp3) is 0.444. The van der Waals surface area contributed by atoms with Crippen LogP contribution in [0.25, 0.3) is 10.8 Å². The minimum absolute atomic E-state index is 0.0255. The van der Waals surface area contributed by atoms with Crippen molar-refractivity contribution < 1.29 is 4.79 Å². The molecular formula is C18H20N2O2. The smallest absolute Gasteiger partial charge is 0.268 e. The zero-order valence-corrected chi connectivity index (χ0v) is 12.8. The van der Waals surface area contributed by atoms with Crippen molar-refractivity contribution >= 4 is 16.7 Å². The Labute approximate surface area is 129 Å². The molecule has 114 valence electrons. The van der Waals surface area contributed by atoms with Gasteiger partial charge in [0, 0.05) is 17.5 Å². The number of carbonyl (C=O) groups is 1. The molecule has 1 heterocycles. The number of hydrogen-bond donors (Lipinski definition) is 1. The summed E-state index contributed by atoms with van der Waals surface area (Å²) in [4.78, 5) is 25.4. The molecule has 0 saturated heterocycles. The molecule has 22 heavy (non-hydrogen) atoms. The number of fused-ring (bicyclic) bond motifs is 1. The summed E-state index contributed by atoms with van der Waals surface area (Å²) in [5, 5.41) is 4.63. The van der Waals surface area contributed by atoms with E-state index >= 15 is 0 Å². The number of carbonyl (C=O) groups excluding carboxylic acids is 1. The summed E-state index contributed by atoms with van der Waals surface area (Å²) in [5.74, 6) is -0.101. The van der Waals surface area contributed by atoms with Gasteiger partial charge in [-0.15, -0.1) is 0 Å². The number of amides is 1. The van der Waals surface area contributed by atoms with Gasteiger partial charge in [-0.3, -0.25) is 9.59 Å². The summed E-state index contributed by atoms with van der Waals surface area (Å²) in [6.45, 7) is 1.98. The van der Waals surface area contributed by atoms with E-state index < -0.39 is 0 Å². The highest BCUT2D eigenvalue weighted by molar-refractivity contribution is 5.97. The Hall–Kier alpha value is -2.10. The van der Waals surface area contributed by atoms with Crippen molar-refractivity contribution in [1.29, 1.82) is 0 Å². The van der Waals surface area contributed by atoms with Gasteiger partial charge in [0.05, 0.1) is 0 Å². The van der Waals surface area contributed by atoms with Crippen molar-refractivity contribution in [2.45, 2.75) is 51.1 Å². The molecule has 2 saturated carbocycles. The fourth-order valence-electron chi connectivity index (χ4n) is 3.12. The van der Waals surface area contributed by atoms with Gasteiger partial charge in [-0.25, -0.2) is 0 Å². The second-order valence-corrected chi connectivity index (χ2v) is 6.63. The van der Waals surface area contributed by atoms with Gasteiger partial charge in [0.2, 0.25) is 0 Å².